The van der Waals surface area contributed by atoms with E-state index in [2.05, 4.69) is 11.8 Å². The molecule has 0 N–H and O–H groups in total. The molecule has 1 aliphatic rings. The average Bonchev–Trinajstić information content (AvgIpc) is 2.53. The predicted molar refractivity (Wildman–Crippen MR) is 88.1 cm³/mol. The Labute approximate surface area is 137 Å². The molecule has 0 bridgehead atoms. The van der Waals surface area contributed by atoms with Gasteiger partial charge in [0, 0.05) is 26.2 Å². The molecule has 1 aromatic carbocycles. The summed E-state index contributed by atoms with van der Waals surface area (Å²) in [5, 5.41) is 0.310. The first kappa shape index (κ1) is 17.5. The Morgan fingerprint density at radius 3 is 2.45 bits per heavy atom. The Morgan fingerprint density at radius 1 is 1.23 bits per heavy atom. The second-order valence-corrected chi connectivity index (χ2v) is 7.74. The van der Waals surface area contributed by atoms with Crippen LogP contribution in [-0.4, -0.2) is 57.5 Å². The molecular formula is C15H23ClN2O3S. The summed E-state index contributed by atoms with van der Waals surface area (Å²) in [4.78, 5) is 2.54. The second-order valence-electron chi connectivity index (χ2n) is 5.40. The number of halogens is 1. The molecule has 22 heavy (non-hydrogen) atoms. The standard InChI is InChI=1S/C15H23ClN2O3S/c1-3-4-7-17-8-10-18(11-9-17)22(19,20)13-5-6-15(21-2)14(16)12-13/h5-6,12H,3-4,7-11H2,1-2H3. The zero-order valence-corrected chi connectivity index (χ0v) is 14.7. The van der Waals surface area contributed by atoms with Gasteiger partial charge in [0.25, 0.3) is 0 Å². The minimum absolute atomic E-state index is 0.223. The molecule has 2 rings (SSSR count). The van der Waals surface area contributed by atoms with Crippen LogP contribution in [0.5, 0.6) is 5.75 Å². The molecule has 0 unspecified atom stereocenters. The van der Waals surface area contributed by atoms with Crippen molar-refractivity contribution in [2.75, 3.05) is 39.8 Å². The molecule has 0 saturated carbocycles. The number of hydrogen-bond donors (Lipinski definition) is 0. The highest BCUT2D eigenvalue weighted by atomic mass is 35.5. The van der Waals surface area contributed by atoms with Gasteiger partial charge >= 0.3 is 0 Å². The van der Waals surface area contributed by atoms with E-state index in [9.17, 15) is 8.42 Å². The maximum absolute atomic E-state index is 12.7. The summed E-state index contributed by atoms with van der Waals surface area (Å²) in [7, 11) is -1.98. The number of benzene rings is 1. The van der Waals surface area contributed by atoms with Crippen LogP contribution in [0.2, 0.25) is 5.02 Å². The first-order valence-corrected chi connectivity index (χ1v) is 9.37. The molecule has 0 aromatic heterocycles. The largest absolute Gasteiger partial charge is 0.495 e. The number of unbranched alkanes of at least 4 members (excludes halogenated alkanes) is 1. The summed E-state index contributed by atoms with van der Waals surface area (Å²) in [6, 6.07) is 4.59. The first-order chi connectivity index (χ1) is 10.5. The molecule has 124 valence electrons. The summed E-state index contributed by atoms with van der Waals surface area (Å²) in [6.07, 6.45) is 2.31. The Bertz CT molecular complexity index is 599. The fourth-order valence-electron chi connectivity index (χ4n) is 2.53. The molecule has 0 amide bonds. The minimum atomic E-state index is -3.49. The third-order valence-electron chi connectivity index (χ3n) is 3.92. The molecule has 0 spiro atoms. The summed E-state index contributed by atoms with van der Waals surface area (Å²) in [5.41, 5.74) is 0. The first-order valence-electron chi connectivity index (χ1n) is 7.55. The van der Waals surface area contributed by atoms with Crippen molar-refractivity contribution in [2.45, 2.75) is 24.7 Å². The molecule has 5 nitrogen and oxygen atoms in total. The van der Waals surface area contributed by atoms with Crippen LogP contribution >= 0.6 is 11.6 Å². The Hall–Kier alpha value is -0.820. The lowest BCUT2D eigenvalue weighted by molar-refractivity contribution is 0.186. The van der Waals surface area contributed by atoms with Gasteiger partial charge in [0.15, 0.2) is 0 Å². The van der Waals surface area contributed by atoms with Gasteiger partial charge in [-0.1, -0.05) is 24.9 Å². The van der Waals surface area contributed by atoms with Crippen molar-refractivity contribution in [3.8, 4) is 5.75 Å². The summed E-state index contributed by atoms with van der Waals surface area (Å²) < 4.78 is 31.9. The van der Waals surface area contributed by atoms with Gasteiger partial charge in [0.05, 0.1) is 17.0 Å². The molecule has 1 aromatic rings. The second kappa shape index (κ2) is 7.64. The number of nitrogens with zero attached hydrogens (tertiary/aromatic N) is 2. The van der Waals surface area contributed by atoms with Crippen molar-refractivity contribution in [1.82, 2.24) is 9.21 Å². The number of methoxy groups -OCH3 is 1. The van der Waals surface area contributed by atoms with Gasteiger partial charge in [-0.15, -0.1) is 0 Å². The molecule has 0 aliphatic carbocycles. The number of rotatable bonds is 6. The molecular weight excluding hydrogens is 324 g/mol. The van der Waals surface area contributed by atoms with Crippen LogP contribution in [0.4, 0.5) is 0 Å². The van der Waals surface area contributed by atoms with Crippen molar-refractivity contribution < 1.29 is 13.2 Å². The van der Waals surface area contributed by atoms with Gasteiger partial charge < -0.3 is 9.64 Å². The zero-order chi connectivity index (χ0) is 16.2. The quantitative estimate of drug-likeness (QED) is 0.794. The van der Waals surface area contributed by atoms with Gasteiger partial charge in [0.2, 0.25) is 10.0 Å². The lowest BCUT2D eigenvalue weighted by atomic mass is 10.3. The maximum atomic E-state index is 12.7. The van der Waals surface area contributed by atoms with Gasteiger partial charge in [0.1, 0.15) is 5.75 Å². The highest BCUT2D eigenvalue weighted by Gasteiger charge is 2.28. The molecule has 1 heterocycles. The van der Waals surface area contributed by atoms with E-state index in [0.29, 0.717) is 23.9 Å². The van der Waals surface area contributed by atoms with Crippen LogP contribution < -0.4 is 4.74 Å². The SMILES string of the molecule is CCCCN1CCN(S(=O)(=O)c2ccc(OC)c(Cl)c2)CC1. The van der Waals surface area contributed by atoms with E-state index in [1.165, 1.54) is 17.5 Å². The van der Waals surface area contributed by atoms with E-state index in [1.807, 2.05) is 0 Å². The van der Waals surface area contributed by atoms with Crippen molar-refractivity contribution in [1.29, 1.82) is 0 Å². The number of sulfonamides is 1. The molecule has 7 heteroatoms. The van der Waals surface area contributed by atoms with E-state index in [4.69, 9.17) is 16.3 Å². The van der Waals surface area contributed by atoms with Gasteiger partial charge in [-0.2, -0.15) is 4.31 Å². The van der Waals surface area contributed by atoms with Crippen LogP contribution in [0.15, 0.2) is 23.1 Å². The third kappa shape index (κ3) is 3.93. The average molecular weight is 347 g/mol. The highest BCUT2D eigenvalue weighted by Crippen LogP contribution is 2.28. The van der Waals surface area contributed by atoms with E-state index in [1.54, 1.807) is 12.1 Å². The lowest BCUT2D eigenvalue weighted by Gasteiger charge is -2.33. The minimum Gasteiger partial charge on any atom is -0.495 e. The molecule has 1 saturated heterocycles. The van der Waals surface area contributed by atoms with Gasteiger partial charge in [-0.25, -0.2) is 8.42 Å². The van der Waals surface area contributed by atoms with Crippen LogP contribution in [-0.2, 0) is 10.0 Å². The smallest absolute Gasteiger partial charge is 0.243 e. The summed E-state index contributed by atoms with van der Waals surface area (Å²) >= 11 is 6.04. The van der Waals surface area contributed by atoms with Crippen LogP contribution in [0.3, 0.4) is 0 Å². The Balaban J connectivity index is 2.07. The van der Waals surface area contributed by atoms with Gasteiger partial charge in [-0.3, -0.25) is 0 Å². The molecule has 0 atom stereocenters. The Kier molecular flexibility index (Phi) is 6.09. The van der Waals surface area contributed by atoms with Crippen LogP contribution in [0.1, 0.15) is 19.8 Å². The zero-order valence-electron chi connectivity index (χ0n) is 13.1. The Morgan fingerprint density at radius 2 is 1.91 bits per heavy atom. The monoisotopic (exact) mass is 346 g/mol. The fraction of sp³-hybridized carbons (Fsp3) is 0.600. The molecule has 1 fully saturated rings. The summed E-state index contributed by atoms with van der Waals surface area (Å²) in [6.45, 7) is 5.81. The van der Waals surface area contributed by atoms with E-state index in [0.717, 1.165) is 32.5 Å². The van der Waals surface area contributed by atoms with Crippen molar-refractivity contribution in [2.24, 2.45) is 0 Å². The van der Waals surface area contributed by atoms with Crippen molar-refractivity contribution in [3.63, 3.8) is 0 Å². The lowest BCUT2D eigenvalue weighted by Crippen LogP contribution is -2.48. The molecule has 1 aliphatic heterocycles. The predicted octanol–water partition coefficient (Wildman–Crippen LogP) is 2.46. The van der Waals surface area contributed by atoms with Crippen LogP contribution in [0, 0.1) is 0 Å². The van der Waals surface area contributed by atoms with E-state index >= 15 is 0 Å². The number of piperazine rings is 1. The van der Waals surface area contributed by atoms with Crippen molar-refractivity contribution >= 4 is 21.6 Å². The third-order valence-corrected chi connectivity index (χ3v) is 6.11. The number of hydrogen-bond acceptors (Lipinski definition) is 4. The summed E-state index contributed by atoms with van der Waals surface area (Å²) in [5.74, 6) is 0.477. The van der Waals surface area contributed by atoms with E-state index < -0.39 is 10.0 Å². The van der Waals surface area contributed by atoms with E-state index in [-0.39, 0.29) is 4.90 Å². The fourth-order valence-corrected chi connectivity index (χ4v) is 4.30. The topological polar surface area (TPSA) is 49.9 Å². The number of ether oxygens (including phenoxy) is 1. The van der Waals surface area contributed by atoms with Crippen LogP contribution in [0.25, 0.3) is 0 Å². The van der Waals surface area contributed by atoms with Gasteiger partial charge in [-0.05, 0) is 31.2 Å². The maximum Gasteiger partial charge on any atom is 0.243 e. The normalized spacial score (nSPS) is 17.6. The molecule has 0 radical (unpaired) electrons. The highest BCUT2D eigenvalue weighted by molar-refractivity contribution is 7.89. The van der Waals surface area contributed by atoms with Crippen molar-refractivity contribution in [3.05, 3.63) is 23.2 Å².